The number of ether oxygens (including phenoxy) is 1. The average Bonchev–Trinajstić information content (AvgIpc) is 2.65. The number of nitrogens with one attached hydrogen (secondary N) is 2. The summed E-state index contributed by atoms with van der Waals surface area (Å²) in [5, 5.41) is 6.38. The third kappa shape index (κ3) is 4.22. The fourth-order valence-electron chi connectivity index (χ4n) is 3.42. The molecule has 1 saturated heterocycles. The predicted octanol–water partition coefficient (Wildman–Crippen LogP) is 0.430. The van der Waals surface area contributed by atoms with E-state index >= 15 is 0 Å². The highest BCUT2D eigenvalue weighted by molar-refractivity contribution is 5.96. The van der Waals surface area contributed by atoms with Gasteiger partial charge in [0, 0.05) is 21.2 Å². The van der Waals surface area contributed by atoms with E-state index in [9.17, 15) is 14.4 Å². The number of carbonyl (C=O) groups is 1. The van der Waals surface area contributed by atoms with Crippen LogP contribution in [0.5, 0.6) is 0 Å². The smallest absolute Gasteiger partial charge is 0.332 e. The average molecular weight is 434 g/mol. The summed E-state index contributed by atoms with van der Waals surface area (Å²) in [6, 6.07) is 1.56. The first-order valence-electron chi connectivity index (χ1n) is 8.46. The lowest BCUT2D eigenvalue weighted by Gasteiger charge is -2.35. The number of nitrogens with zero attached hydrogens (tertiary/aromatic N) is 3. The molecule has 1 aliphatic heterocycles. The lowest BCUT2D eigenvalue weighted by Crippen LogP contribution is -2.47. The first-order chi connectivity index (χ1) is 12.4. The molecule has 156 valence electrons. The molecule has 28 heavy (non-hydrogen) atoms. The summed E-state index contributed by atoms with van der Waals surface area (Å²) < 4.78 is 7.61. The van der Waals surface area contributed by atoms with Crippen molar-refractivity contribution in [1.29, 1.82) is 0 Å². The van der Waals surface area contributed by atoms with E-state index in [1.54, 1.807) is 20.2 Å². The number of piperidine rings is 1. The number of carbonyl (C=O) groups excluding carboxylic acids is 1. The van der Waals surface area contributed by atoms with E-state index in [1.807, 2.05) is 0 Å². The van der Waals surface area contributed by atoms with Gasteiger partial charge in [0.25, 0.3) is 5.56 Å². The summed E-state index contributed by atoms with van der Waals surface area (Å²) in [5.74, 6) is -0.149. The number of pyridine rings is 1. The van der Waals surface area contributed by atoms with Crippen molar-refractivity contribution >= 4 is 47.4 Å². The summed E-state index contributed by atoms with van der Waals surface area (Å²) in [5.41, 5.74) is -0.791. The molecule has 0 radical (unpaired) electrons. The zero-order valence-corrected chi connectivity index (χ0v) is 17.6. The van der Waals surface area contributed by atoms with Crippen molar-refractivity contribution in [3.63, 3.8) is 0 Å². The van der Waals surface area contributed by atoms with Crippen LogP contribution in [0.3, 0.4) is 0 Å². The van der Waals surface area contributed by atoms with Crippen LogP contribution in [0, 0.1) is 5.41 Å². The van der Waals surface area contributed by atoms with E-state index in [0.29, 0.717) is 25.1 Å². The van der Waals surface area contributed by atoms with E-state index in [0.717, 1.165) is 17.7 Å². The molecule has 0 spiro atoms. The van der Waals surface area contributed by atoms with Crippen molar-refractivity contribution in [3.8, 4) is 0 Å². The van der Waals surface area contributed by atoms with Gasteiger partial charge in [-0.05, 0) is 32.0 Å². The molecule has 0 atom stereocenters. The highest BCUT2D eigenvalue weighted by Crippen LogP contribution is 2.31. The van der Waals surface area contributed by atoms with Crippen molar-refractivity contribution < 1.29 is 9.53 Å². The molecule has 1 amide bonds. The Morgan fingerprint density at radius 1 is 1.25 bits per heavy atom. The number of amides is 1. The number of anilines is 1. The second-order valence-electron chi connectivity index (χ2n) is 6.72. The van der Waals surface area contributed by atoms with Crippen LogP contribution < -0.4 is 21.9 Å². The first-order valence-corrected chi connectivity index (χ1v) is 8.46. The van der Waals surface area contributed by atoms with Crippen molar-refractivity contribution in [2.75, 3.05) is 32.1 Å². The molecule has 1 aliphatic rings. The van der Waals surface area contributed by atoms with E-state index in [2.05, 4.69) is 15.6 Å². The monoisotopic (exact) mass is 433 g/mol. The van der Waals surface area contributed by atoms with Crippen LogP contribution in [0.15, 0.2) is 21.9 Å². The summed E-state index contributed by atoms with van der Waals surface area (Å²) >= 11 is 0. The first kappa shape index (κ1) is 24.1. The molecule has 11 heteroatoms. The molecule has 0 aromatic carbocycles. The Hall–Kier alpha value is -1.94. The largest absolute Gasteiger partial charge is 0.384 e. The molecule has 0 aliphatic carbocycles. The van der Waals surface area contributed by atoms with E-state index in [-0.39, 0.29) is 41.8 Å². The number of hydrogen-bond donors (Lipinski definition) is 2. The summed E-state index contributed by atoms with van der Waals surface area (Å²) in [4.78, 5) is 41.5. The number of rotatable bonds is 4. The lowest BCUT2D eigenvalue weighted by molar-refractivity contribution is -0.130. The quantitative estimate of drug-likeness (QED) is 0.723. The maximum absolute atomic E-state index is 12.9. The molecular weight excluding hydrogens is 409 g/mol. The highest BCUT2D eigenvalue weighted by Gasteiger charge is 2.39. The Bertz CT molecular complexity index is 961. The summed E-state index contributed by atoms with van der Waals surface area (Å²) in [6.07, 6.45) is 2.80. The van der Waals surface area contributed by atoms with Gasteiger partial charge >= 0.3 is 5.69 Å². The van der Waals surface area contributed by atoms with E-state index in [1.165, 1.54) is 17.8 Å². The molecular formula is C17H25Cl2N5O4. The van der Waals surface area contributed by atoms with Gasteiger partial charge in [-0.2, -0.15) is 0 Å². The molecule has 3 heterocycles. The Balaban J connectivity index is 0.00000196. The van der Waals surface area contributed by atoms with Crippen LogP contribution in [0.4, 0.5) is 5.69 Å². The van der Waals surface area contributed by atoms with Crippen molar-refractivity contribution in [3.05, 3.63) is 33.1 Å². The van der Waals surface area contributed by atoms with Crippen LogP contribution in [0.25, 0.3) is 11.0 Å². The normalized spacial score (nSPS) is 15.4. The minimum absolute atomic E-state index is 0. The zero-order chi connectivity index (χ0) is 18.9. The van der Waals surface area contributed by atoms with Crippen molar-refractivity contribution in [2.24, 2.45) is 19.5 Å². The number of hydrogen-bond acceptors (Lipinski definition) is 6. The molecule has 2 aromatic rings. The fraction of sp³-hybridized carbons (Fsp3) is 0.529. The minimum atomic E-state index is -0.608. The number of aromatic nitrogens is 3. The molecule has 9 nitrogen and oxygen atoms in total. The van der Waals surface area contributed by atoms with Crippen LogP contribution in [-0.2, 0) is 23.6 Å². The standard InChI is InChI=1S/C17H23N5O4.2ClH/c1-21-13-12(14(23)22(2)16(21)25)8-11(9-19-13)20-15(24)17(10-26-3)4-6-18-7-5-17;;/h8-9,18H,4-7,10H2,1-3H3,(H,20,24);2*1H. The molecule has 2 aromatic heterocycles. The van der Waals surface area contributed by atoms with Crippen molar-refractivity contribution in [1.82, 2.24) is 19.4 Å². The molecule has 3 rings (SSSR count). The third-order valence-corrected chi connectivity index (χ3v) is 5.01. The fourth-order valence-corrected chi connectivity index (χ4v) is 3.42. The zero-order valence-electron chi connectivity index (χ0n) is 16.0. The van der Waals surface area contributed by atoms with Gasteiger partial charge in [-0.15, -0.1) is 24.8 Å². The van der Waals surface area contributed by atoms with E-state index in [4.69, 9.17) is 4.74 Å². The van der Waals surface area contributed by atoms with Crippen molar-refractivity contribution in [2.45, 2.75) is 12.8 Å². The number of fused-ring (bicyclic) bond motifs is 1. The third-order valence-electron chi connectivity index (χ3n) is 5.01. The Morgan fingerprint density at radius 2 is 1.89 bits per heavy atom. The SMILES string of the molecule is COCC1(C(=O)Nc2cnc3c(c2)c(=O)n(C)c(=O)n3C)CCNCC1.Cl.Cl. The predicted molar refractivity (Wildman–Crippen MR) is 112 cm³/mol. The molecule has 0 unspecified atom stereocenters. The summed E-state index contributed by atoms with van der Waals surface area (Å²) in [7, 11) is 4.55. The van der Waals surface area contributed by atoms with Gasteiger partial charge in [0.1, 0.15) is 5.65 Å². The van der Waals surface area contributed by atoms with Crippen LogP contribution in [-0.4, -0.2) is 46.8 Å². The Kier molecular flexibility index (Phi) is 8.18. The van der Waals surface area contributed by atoms with Crippen LogP contribution >= 0.6 is 24.8 Å². The molecule has 1 fully saturated rings. The Morgan fingerprint density at radius 3 is 2.50 bits per heavy atom. The molecule has 0 saturated carbocycles. The number of halogens is 2. The van der Waals surface area contributed by atoms with Gasteiger partial charge in [-0.3, -0.25) is 18.7 Å². The van der Waals surface area contributed by atoms with Gasteiger partial charge in [-0.1, -0.05) is 0 Å². The maximum Gasteiger partial charge on any atom is 0.332 e. The van der Waals surface area contributed by atoms with Gasteiger partial charge in [0.15, 0.2) is 0 Å². The van der Waals surface area contributed by atoms with E-state index < -0.39 is 16.7 Å². The van der Waals surface area contributed by atoms with Gasteiger partial charge < -0.3 is 15.4 Å². The van der Waals surface area contributed by atoms with Gasteiger partial charge in [0.05, 0.1) is 29.3 Å². The van der Waals surface area contributed by atoms with Crippen LogP contribution in [0.2, 0.25) is 0 Å². The summed E-state index contributed by atoms with van der Waals surface area (Å²) in [6.45, 7) is 1.82. The highest BCUT2D eigenvalue weighted by atomic mass is 35.5. The number of methoxy groups -OCH3 is 1. The lowest BCUT2D eigenvalue weighted by atomic mass is 9.78. The Labute approximate surface area is 174 Å². The topological polar surface area (TPSA) is 107 Å². The minimum Gasteiger partial charge on any atom is -0.384 e. The second kappa shape index (κ2) is 9.51. The second-order valence-corrected chi connectivity index (χ2v) is 6.72. The molecule has 2 N–H and O–H groups in total. The number of aryl methyl sites for hydroxylation is 1. The van der Waals surface area contributed by atoms with Gasteiger partial charge in [0.2, 0.25) is 5.91 Å². The van der Waals surface area contributed by atoms with Crippen LogP contribution in [0.1, 0.15) is 12.8 Å². The maximum atomic E-state index is 12.9. The van der Waals surface area contributed by atoms with Gasteiger partial charge in [-0.25, -0.2) is 9.78 Å². The molecule has 0 bridgehead atoms.